The van der Waals surface area contributed by atoms with Crippen LogP contribution >= 0.6 is 0 Å². The average molecular weight is 242 g/mol. The Hall–Kier alpha value is -0.570. The monoisotopic (exact) mass is 242 g/mol. The molecule has 17 heavy (non-hydrogen) atoms. The third kappa shape index (κ3) is 9.16. The van der Waals surface area contributed by atoms with E-state index in [1.807, 2.05) is 4.90 Å². The Morgan fingerprint density at radius 3 is 2.18 bits per heavy atom. The van der Waals surface area contributed by atoms with Gasteiger partial charge in [0.15, 0.2) is 0 Å². The van der Waals surface area contributed by atoms with Crippen molar-refractivity contribution in [3.63, 3.8) is 0 Å². The zero-order chi connectivity index (χ0) is 13.1. The van der Waals surface area contributed by atoms with Crippen molar-refractivity contribution in [1.82, 2.24) is 10.2 Å². The molecule has 0 aromatic carbocycles. The van der Waals surface area contributed by atoms with Crippen molar-refractivity contribution >= 4 is 5.91 Å². The molecular formula is C14H30N2O. The number of nitrogens with one attached hydrogen (secondary N) is 1. The lowest BCUT2D eigenvalue weighted by atomic mass is 10.1. The molecule has 1 N–H and O–H groups in total. The lowest BCUT2D eigenvalue weighted by molar-refractivity contribution is -0.131. The Kier molecular flexibility index (Phi) is 10.2. The van der Waals surface area contributed by atoms with Gasteiger partial charge in [0, 0.05) is 26.1 Å². The molecule has 0 saturated carbocycles. The van der Waals surface area contributed by atoms with Gasteiger partial charge < -0.3 is 10.2 Å². The predicted octanol–water partition coefficient (Wildman–Crippen LogP) is 2.66. The summed E-state index contributed by atoms with van der Waals surface area (Å²) in [6.07, 6.45) is 3.92. The lowest BCUT2D eigenvalue weighted by Crippen LogP contribution is -2.34. The highest BCUT2D eigenvalue weighted by Gasteiger charge is 2.10. The molecule has 3 nitrogen and oxygen atoms in total. The minimum Gasteiger partial charge on any atom is -0.343 e. The first kappa shape index (κ1) is 16.4. The summed E-state index contributed by atoms with van der Waals surface area (Å²) in [6.45, 7) is 12.3. The minimum atomic E-state index is 0.297. The van der Waals surface area contributed by atoms with Crippen molar-refractivity contribution in [3.05, 3.63) is 0 Å². The van der Waals surface area contributed by atoms with Gasteiger partial charge in [-0.3, -0.25) is 4.79 Å². The van der Waals surface area contributed by atoms with Gasteiger partial charge in [-0.05, 0) is 31.7 Å². The molecule has 0 fully saturated rings. The van der Waals surface area contributed by atoms with Crippen LogP contribution in [0.4, 0.5) is 0 Å². The van der Waals surface area contributed by atoms with Crippen LogP contribution in [-0.4, -0.2) is 37.0 Å². The number of nitrogens with zero attached hydrogens (tertiary/aromatic N) is 1. The Balaban J connectivity index is 3.66. The summed E-state index contributed by atoms with van der Waals surface area (Å²) in [7, 11) is 0. The standard InChI is InChI=1S/C14H30N2O/c1-5-11-16(12-6-2)14(17)8-10-15-9-7-13(3)4/h13,15H,5-12H2,1-4H3. The summed E-state index contributed by atoms with van der Waals surface area (Å²) in [6, 6.07) is 0. The first-order valence-electron chi connectivity index (χ1n) is 7.10. The van der Waals surface area contributed by atoms with E-state index < -0.39 is 0 Å². The van der Waals surface area contributed by atoms with Crippen molar-refractivity contribution in [2.45, 2.75) is 53.4 Å². The van der Waals surface area contributed by atoms with Crippen LogP contribution in [0.25, 0.3) is 0 Å². The van der Waals surface area contributed by atoms with E-state index in [1.54, 1.807) is 0 Å². The summed E-state index contributed by atoms with van der Waals surface area (Å²) >= 11 is 0. The van der Waals surface area contributed by atoms with Crippen LogP contribution in [-0.2, 0) is 4.79 Å². The number of carbonyl (C=O) groups excluding carboxylic acids is 1. The highest BCUT2D eigenvalue weighted by molar-refractivity contribution is 5.76. The van der Waals surface area contributed by atoms with Crippen LogP contribution in [0.5, 0.6) is 0 Å². The summed E-state index contributed by atoms with van der Waals surface area (Å²) in [5, 5.41) is 3.34. The van der Waals surface area contributed by atoms with Crippen molar-refractivity contribution < 1.29 is 4.79 Å². The van der Waals surface area contributed by atoms with E-state index in [-0.39, 0.29) is 0 Å². The second kappa shape index (κ2) is 10.6. The third-order valence-electron chi connectivity index (χ3n) is 2.75. The summed E-state index contributed by atoms with van der Waals surface area (Å²) in [4.78, 5) is 13.9. The van der Waals surface area contributed by atoms with Gasteiger partial charge in [0.1, 0.15) is 0 Å². The normalized spacial score (nSPS) is 10.9. The molecule has 0 aromatic heterocycles. The number of hydrogen-bond acceptors (Lipinski definition) is 2. The lowest BCUT2D eigenvalue weighted by Gasteiger charge is -2.21. The Morgan fingerprint density at radius 1 is 1.12 bits per heavy atom. The smallest absolute Gasteiger partial charge is 0.223 e. The van der Waals surface area contributed by atoms with Crippen LogP contribution in [0.1, 0.15) is 53.4 Å². The van der Waals surface area contributed by atoms with Gasteiger partial charge in [0.05, 0.1) is 0 Å². The van der Waals surface area contributed by atoms with Gasteiger partial charge in [0.25, 0.3) is 0 Å². The Morgan fingerprint density at radius 2 is 1.71 bits per heavy atom. The van der Waals surface area contributed by atoms with E-state index >= 15 is 0 Å². The number of hydrogen-bond donors (Lipinski definition) is 1. The van der Waals surface area contributed by atoms with Gasteiger partial charge in [-0.2, -0.15) is 0 Å². The molecular weight excluding hydrogens is 212 g/mol. The minimum absolute atomic E-state index is 0.297. The molecule has 0 aromatic rings. The fourth-order valence-electron chi connectivity index (χ4n) is 1.77. The van der Waals surface area contributed by atoms with Gasteiger partial charge in [0.2, 0.25) is 5.91 Å². The topological polar surface area (TPSA) is 32.3 Å². The first-order chi connectivity index (χ1) is 8.11. The molecule has 0 saturated heterocycles. The summed E-state index contributed by atoms with van der Waals surface area (Å²) in [5.74, 6) is 1.03. The zero-order valence-corrected chi connectivity index (χ0v) is 12.1. The largest absolute Gasteiger partial charge is 0.343 e. The van der Waals surface area contributed by atoms with Crippen LogP contribution in [0.15, 0.2) is 0 Å². The fraction of sp³-hybridized carbons (Fsp3) is 0.929. The molecule has 0 atom stereocenters. The highest BCUT2D eigenvalue weighted by Crippen LogP contribution is 1.99. The van der Waals surface area contributed by atoms with E-state index in [9.17, 15) is 4.79 Å². The molecule has 0 rings (SSSR count). The Labute approximate surface area is 107 Å². The van der Waals surface area contributed by atoms with E-state index in [4.69, 9.17) is 0 Å². The van der Waals surface area contributed by atoms with Crippen molar-refractivity contribution in [3.8, 4) is 0 Å². The highest BCUT2D eigenvalue weighted by atomic mass is 16.2. The van der Waals surface area contributed by atoms with E-state index in [0.717, 1.165) is 44.9 Å². The van der Waals surface area contributed by atoms with Crippen LogP contribution < -0.4 is 5.32 Å². The molecule has 1 amide bonds. The van der Waals surface area contributed by atoms with Crippen LogP contribution in [0.3, 0.4) is 0 Å². The maximum Gasteiger partial charge on any atom is 0.223 e. The zero-order valence-electron chi connectivity index (χ0n) is 12.1. The van der Waals surface area contributed by atoms with Gasteiger partial charge in [-0.15, -0.1) is 0 Å². The van der Waals surface area contributed by atoms with Crippen molar-refractivity contribution in [2.24, 2.45) is 5.92 Å². The molecule has 0 spiro atoms. The predicted molar refractivity (Wildman–Crippen MR) is 74.1 cm³/mol. The molecule has 0 unspecified atom stereocenters. The van der Waals surface area contributed by atoms with E-state index in [1.165, 1.54) is 6.42 Å². The quantitative estimate of drug-likeness (QED) is 0.597. The maximum absolute atomic E-state index is 11.9. The van der Waals surface area contributed by atoms with Gasteiger partial charge in [-0.1, -0.05) is 27.7 Å². The van der Waals surface area contributed by atoms with Crippen molar-refractivity contribution in [1.29, 1.82) is 0 Å². The van der Waals surface area contributed by atoms with E-state index in [2.05, 4.69) is 33.0 Å². The molecule has 102 valence electrons. The third-order valence-corrected chi connectivity index (χ3v) is 2.75. The van der Waals surface area contributed by atoms with Crippen LogP contribution in [0.2, 0.25) is 0 Å². The molecule has 0 aliphatic rings. The fourth-order valence-corrected chi connectivity index (χ4v) is 1.77. The molecule has 0 aliphatic carbocycles. The van der Waals surface area contributed by atoms with Gasteiger partial charge >= 0.3 is 0 Å². The van der Waals surface area contributed by atoms with Crippen LogP contribution in [0, 0.1) is 5.92 Å². The number of rotatable bonds is 10. The molecule has 0 bridgehead atoms. The SMILES string of the molecule is CCCN(CCC)C(=O)CCNCCC(C)C. The summed E-state index contributed by atoms with van der Waals surface area (Å²) < 4.78 is 0. The molecule has 0 radical (unpaired) electrons. The summed E-state index contributed by atoms with van der Waals surface area (Å²) in [5.41, 5.74) is 0. The molecule has 3 heteroatoms. The molecule has 0 aliphatic heterocycles. The number of amides is 1. The second-order valence-electron chi connectivity index (χ2n) is 5.06. The van der Waals surface area contributed by atoms with Gasteiger partial charge in [-0.25, -0.2) is 0 Å². The van der Waals surface area contributed by atoms with E-state index in [0.29, 0.717) is 12.3 Å². The van der Waals surface area contributed by atoms with Crippen molar-refractivity contribution in [2.75, 3.05) is 26.2 Å². The molecule has 0 heterocycles. The number of carbonyl (C=O) groups is 1. The second-order valence-corrected chi connectivity index (χ2v) is 5.06. The Bertz CT molecular complexity index is 187. The maximum atomic E-state index is 11.9. The first-order valence-corrected chi connectivity index (χ1v) is 7.10. The average Bonchev–Trinajstić information content (AvgIpc) is 2.27.